The minimum Gasteiger partial charge on any atom is -0.418 e. The van der Waals surface area contributed by atoms with E-state index in [1.54, 1.807) is 10.6 Å². The van der Waals surface area contributed by atoms with E-state index in [0.717, 1.165) is 0 Å². The summed E-state index contributed by atoms with van der Waals surface area (Å²) < 4.78 is 39.0. The molecule has 0 saturated heterocycles. The molecule has 0 bridgehead atoms. The van der Waals surface area contributed by atoms with Gasteiger partial charge in [0.25, 0.3) is 0 Å². The van der Waals surface area contributed by atoms with Crippen LogP contribution in [0.15, 0.2) is 11.8 Å². The number of hydrogen-bond donors (Lipinski definition) is 1. The van der Waals surface area contributed by atoms with Crippen molar-refractivity contribution in [1.82, 2.24) is 4.90 Å². The molecular weight excluding hydrogens is 295 g/mol. The Bertz CT molecular complexity index is 343. The van der Waals surface area contributed by atoms with Crippen LogP contribution in [0.3, 0.4) is 0 Å². The Hall–Kier alpha value is -0.715. The van der Waals surface area contributed by atoms with E-state index in [-0.39, 0.29) is 0 Å². The highest BCUT2D eigenvalue weighted by atomic mass is 19.5. The Morgan fingerprint density at radius 3 is 1.41 bits per heavy atom. The molecule has 0 spiro atoms. The molecule has 0 aromatic heterocycles. The van der Waals surface area contributed by atoms with Crippen LogP contribution in [-0.4, -0.2) is 42.4 Å². The summed E-state index contributed by atoms with van der Waals surface area (Å²) in [6.07, 6.45) is 2.45. The molecule has 0 aromatic rings. The molecule has 1 aliphatic carbocycles. The van der Waals surface area contributed by atoms with Gasteiger partial charge in [-0.2, -0.15) is 0 Å². The van der Waals surface area contributed by atoms with Crippen molar-refractivity contribution in [3.8, 4) is 0 Å². The third kappa shape index (κ3) is 7.52. The number of hydrogen-bond acceptors (Lipinski definition) is 1. The van der Waals surface area contributed by atoms with Crippen molar-refractivity contribution in [3.05, 3.63) is 11.8 Å². The standard InChI is InChI=1S/C15H30N2.BF4/c1-10(2)16(11(3)4)14-9-15(14)17(12(5)6)13(7)8;2-1(3,4)5/h9-14H,1-8H3;/q;-1/p+1. The topological polar surface area (TPSA) is 7.68 Å². The van der Waals surface area contributed by atoms with Crippen LogP contribution in [0, 0.1) is 0 Å². The molecule has 0 heterocycles. The molecule has 1 rings (SSSR count). The molecule has 0 radical (unpaired) electrons. The SMILES string of the molecule is CC(C)N(C1=CC1[NH+](C(C)C)C(C)C)C(C)C.F[B-](F)(F)F. The molecule has 1 atom stereocenters. The molecule has 0 fully saturated rings. The van der Waals surface area contributed by atoms with E-state index < -0.39 is 7.25 Å². The van der Waals surface area contributed by atoms with Crippen LogP contribution in [0.5, 0.6) is 0 Å². The summed E-state index contributed by atoms with van der Waals surface area (Å²) in [6.45, 7) is 18.5. The highest BCUT2D eigenvalue weighted by Crippen LogP contribution is 2.27. The van der Waals surface area contributed by atoms with Crippen molar-refractivity contribution >= 4 is 7.25 Å². The average Bonchev–Trinajstić information content (AvgIpc) is 2.91. The van der Waals surface area contributed by atoms with E-state index in [9.17, 15) is 17.3 Å². The van der Waals surface area contributed by atoms with Gasteiger partial charge in [-0.05, 0) is 55.4 Å². The number of nitrogens with one attached hydrogen (secondary N) is 1. The molecule has 1 unspecified atom stereocenters. The lowest BCUT2D eigenvalue weighted by Crippen LogP contribution is -3.19. The fourth-order valence-electron chi connectivity index (χ4n) is 3.21. The monoisotopic (exact) mass is 326 g/mol. The van der Waals surface area contributed by atoms with Crippen molar-refractivity contribution in [2.75, 3.05) is 0 Å². The number of nitrogens with zero attached hydrogens (tertiary/aromatic N) is 1. The van der Waals surface area contributed by atoms with Crippen molar-refractivity contribution in [1.29, 1.82) is 0 Å². The molecule has 22 heavy (non-hydrogen) atoms. The van der Waals surface area contributed by atoms with Crippen molar-refractivity contribution in [2.45, 2.75) is 85.6 Å². The van der Waals surface area contributed by atoms with Crippen LogP contribution >= 0.6 is 0 Å². The summed E-state index contributed by atoms with van der Waals surface area (Å²) in [4.78, 5) is 4.27. The maximum absolute atomic E-state index is 9.75. The van der Waals surface area contributed by atoms with Gasteiger partial charge in [-0.25, -0.2) is 0 Å². The summed E-state index contributed by atoms with van der Waals surface area (Å²) in [5.74, 6) is 0. The molecule has 1 N–H and O–H groups in total. The Balaban J connectivity index is 0.000000763. The van der Waals surface area contributed by atoms with Gasteiger partial charge in [-0.15, -0.1) is 0 Å². The van der Waals surface area contributed by atoms with Crippen LogP contribution in [0.2, 0.25) is 0 Å². The quantitative estimate of drug-likeness (QED) is 0.581. The van der Waals surface area contributed by atoms with Crippen molar-refractivity contribution < 1.29 is 22.2 Å². The number of halogens is 4. The smallest absolute Gasteiger partial charge is 0.418 e. The summed E-state index contributed by atoms with van der Waals surface area (Å²) in [5.41, 5.74) is 1.56. The Morgan fingerprint density at radius 2 is 1.18 bits per heavy atom. The second-order valence-electron chi connectivity index (χ2n) is 6.97. The first-order valence-electron chi connectivity index (χ1n) is 8.01. The van der Waals surface area contributed by atoms with Crippen molar-refractivity contribution in [2.24, 2.45) is 0 Å². The summed E-state index contributed by atoms with van der Waals surface area (Å²) >= 11 is 0. The van der Waals surface area contributed by atoms with Gasteiger partial charge in [0.2, 0.25) is 0 Å². The largest absolute Gasteiger partial charge is 0.673 e. The molecule has 1 aliphatic rings. The lowest BCUT2D eigenvalue weighted by atomic mass is 10.2. The van der Waals surface area contributed by atoms with E-state index in [2.05, 4.69) is 66.4 Å². The summed E-state index contributed by atoms with van der Waals surface area (Å²) in [7, 11) is -6.00. The number of quaternary nitrogens is 1. The first kappa shape index (κ1) is 21.3. The third-order valence-corrected chi connectivity index (χ3v) is 3.65. The van der Waals surface area contributed by atoms with Crippen LogP contribution in [-0.2, 0) is 0 Å². The normalized spacial score (nSPS) is 18.0. The molecule has 7 heteroatoms. The Kier molecular flexibility index (Phi) is 7.96. The molecule has 0 saturated carbocycles. The molecule has 132 valence electrons. The molecule has 0 aliphatic heterocycles. The van der Waals surface area contributed by atoms with E-state index >= 15 is 0 Å². The van der Waals surface area contributed by atoms with Crippen LogP contribution < -0.4 is 4.90 Å². The fourth-order valence-corrected chi connectivity index (χ4v) is 3.21. The third-order valence-electron chi connectivity index (χ3n) is 3.65. The maximum Gasteiger partial charge on any atom is 0.673 e. The minimum absolute atomic E-state index is 0.604. The van der Waals surface area contributed by atoms with Gasteiger partial charge in [-0.1, -0.05) is 0 Å². The zero-order valence-electron chi connectivity index (χ0n) is 15.0. The maximum atomic E-state index is 9.75. The second-order valence-corrected chi connectivity index (χ2v) is 6.97. The van der Waals surface area contributed by atoms with Gasteiger partial charge in [0.1, 0.15) is 6.04 Å². The zero-order chi connectivity index (χ0) is 17.8. The van der Waals surface area contributed by atoms with Crippen LogP contribution in [0.25, 0.3) is 0 Å². The van der Waals surface area contributed by atoms with Gasteiger partial charge >= 0.3 is 7.25 Å². The van der Waals surface area contributed by atoms with E-state index in [4.69, 9.17) is 0 Å². The highest BCUT2D eigenvalue weighted by Gasteiger charge is 2.42. The van der Waals surface area contributed by atoms with Crippen molar-refractivity contribution in [3.63, 3.8) is 0 Å². The zero-order valence-corrected chi connectivity index (χ0v) is 15.0. The molecule has 2 nitrogen and oxygen atoms in total. The predicted octanol–water partition coefficient (Wildman–Crippen LogP) is 3.37. The van der Waals surface area contributed by atoms with Gasteiger partial charge in [0.15, 0.2) is 0 Å². The first-order chi connectivity index (χ1) is 9.77. The average molecular weight is 326 g/mol. The number of rotatable bonds is 6. The fraction of sp³-hybridized carbons (Fsp3) is 0.867. The van der Waals surface area contributed by atoms with Gasteiger partial charge < -0.3 is 27.1 Å². The lowest BCUT2D eigenvalue weighted by molar-refractivity contribution is -0.949. The predicted molar refractivity (Wildman–Crippen MR) is 85.4 cm³/mol. The second kappa shape index (κ2) is 8.23. The van der Waals surface area contributed by atoms with Crippen LogP contribution in [0.4, 0.5) is 17.3 Å². The van der Waals surface area contributed by atoms with Gasteiger partial charge in [0, 0.05) is 18.2 Å². The Labute approximate surface area is 132 Å². The minimum atomic E-state index is -6.00. The summed E-state index contributed by atoms with van der Waals surface area (Å²) in [5, 5.41) is 0. The molecule has 0 amide bonds. The van der Waals surface area contributed by atoms with Crippen LogP contribution in [0.1, 0.15) is 55.4 Å². The first-order valence-corrected chi connectivity index (χ1v) is 8.01. The van der Waals surface area contributed by atoms with E-state index in [0.29, 0.717) is 30.2 Å². The van der Waals surface area contributed by atoms with Gasteiger partial charge in [0.05, 0.1) is 17.8 Å². The molecular formula is C15H31BF4N2. The Morgan fingerprint density at radius 1 is 0.864 bits per heavy atom. The van der Waals surface area contributed by atoms with E-state index in [1.165, 1.54) is 0 Å². The molecule has 0 aromatic carbocycles. The lowest BCUT2D eigenvalue weighted by Gasteiger charge is -2.34. The van der Waals surface area contributed by atoms with E-state index in [1.807, 2.05) is 0 Å². The van der Waals surface area contributed by atoms with Gasteiger partial charge in [-0.3, -0.25) is 0 Å². The summed E-state index contributed by atoms with van der Waals surface area (Å²) in [6, 6.07) is 3.24. The highest BCUT2D eigenvalue weighted by molar-refractivity contribution is 6.50.